The molecular weight excluding hydrogens is 345 g/mol. The summed E-state index contributed by atoms with van der Waals surface area (Å²) in [6, 6.07) is 10.3. The first-order chi connectivity index (χ1) is 11.3. The van der Waals surface area contributed by atoms with Crippen molar-refractivity contribution in [3.63, 3.8) is 0 Å². The van der Waals surface area contributed by atoms with Crippen molar-refractivity contribution < 1.29 is 12.8 Å². The summed E-state index contributed by atoms with van der Waals surface area (Å²) < 4.78 is 36.9. The molecule has 2 N–H and O–H groups in total. The molecule has 0 aliphatic rings. The first-order valence-corrected chi connectivity index (χ1v) is 9.72. The van der Waals surface area contributed by atoms with Crippen molar-refractivity contribution in [2.45, 2.75) is 18.7 Å². The van der Waals surface area contributed by atoms with Crippen LogP contribution in [0.25, 0.3) is 22.3 Å². The number of rotatable bonds is 3. The second-order valence-electron chi connectivity index (χ2n) is 5.77. The van der Waals surface area contributed by atoms with Crippen molar-refractivity contribution in [1.29, 1.82) is 0 Å². The van der Waals surface area contributed by atoms with Gasteiger partial charge in [-0.05, 0) is 47.9 Å². The number of thiophene rings is 1. The van der Waals surface area contributed by atoms with Gasteiger partial charge >= 0.3 is 0 Å². The van der Waals surface area contributed by atoms with Crippen molar-refractivity contribution >= 4 is 21.4 Å². The van der Waals surface area contributed by atoms with E-state index in [1.165, 1.54) is 23.5 Å². The topological polar surface area (TPSA) is 60.2 Å². The minimum absolute atomic E-state index is 0.491. The predicted molar refractivity (Wildman–Crippen MR) is 96.0 cm³/mol. The maximum Gasteiger partial charge on any atom is 0.240 e. The van der Waals surface area contributed by atoms with Crippen LogP contribution in [0, 0.1) is 19.7 Å². The number of hydrogen-bond acceptors (Lipinski definition) is 3. The number of hydrogen-bond donors (Lipinski definition) is 1. The molecule has 2 aromatic carbocycles. The summed E-state index contributed by atoms with van der Waals surface area (Å²) >= 11 is 1.52. The molecular formula is C18H16FNO2S2. The summed E-state index contributed by atoms with van der Waals surface area (Å²) in [5, 5.41) is 8.95. The summed E-state index contributed by atoms with van der Waals surface area (Å²) in [6.45, 7) is 4.06. The molecule has 1 heterocycles. The minimum Gasteiger partial charge on any atom is -0.225 e. The Morgan fingerprint density at radius 1 is 0.917 bits per heavy atom. The lowest BCUT2D eigenvalue weighted by molar-refractivity contribution is 0.568. The van der Waals surface area contributed by atoms with Gasteiger partial charge in [-0.25, -0.2) is 17.9 Å². The lowest BCUT2D eigenvalue weighted by Gasteiger charge is -2.09. The molecule has 0 amide bonds. The molecule has 0 spiro atoms. The van der Waals surface area contributed by atoms with Crippen LogP contribution in [0.5, 0.6) is 0 Å². The van der Waals surface area contributed by atoms with Gasteiger partial charge in [-0.15, -0.1) is 0 Å². The molecule has 0 atom stereocenters. The second-order valence-corrected chi connectivity index (χ2v) is 8.04. The van der Waals surface area contributed by atoms with Gasteiger partial charge in [0, 0.05) is 11.1 Å². The Morgan fingerprint density at radius 3 is 2.04 bits per heavy atom. The predicted octanol–water partition coefficient (Wildman–Crippen LogP) is 4.49. The van der Waals surface area contributed by atoms with Crippen LogP contribution in [0.1, 0.15) is 11.1 Å². The van der Waals surface area contributed by atoms with Gasteiger partial charge < -0.3 is 0 Å². The van der Waals surface area contributed by atoms with Crippen molar-refractivity contribution in [3.8, 4) is 22.3 Å². The van der Waals surface area contributed by atoms with E-state index in [4.69, 9.17) is 5.14 Å². The highest BCUT2D eigenvalue weighted by atomic mass is 32.2. The zero-order valence-electron chi connectivity index (χ0n) is 13.2. The molecule has 6 heteroatoms. The smallest absolute Gasteiger partial charge is 0.225 e. The molecule has 0 fully saturated rings. The third-order valence-electron chi connectivity index (χ3n) is 3.74. The van der Waals surface area contributed by atoms with E-state index >= 15 is 0 Å². The molecule has 0 bridgehead atoms. The lowest BCUT2D eigenvalue weighted by Crippen LogP contribution is -2.13. The summed E-state index contributed by atoms with van der Waals surface area (Å²) in [4.78, 5) is -0.491. The third-order valence-corrected chi connectivity index (χ3v) is 5.43. The first-order valence-electron chi connectivity index (χ1n) is 7.23. The Bertz CT molecular complexity index is 1000. The van der Waals surface area contributed by atoms with Crippen molar-refractivity contribution in [3.05, 3.63) is 64.1 Å². The highest BCUT2D eigenvalue weighted by Crippen LogP contribution is 2.36. The maximum absolute atomic E-state index is 14.1. The van der Waals surface area contributed by atoms with Gasteiger partial charge in [0.1, 0.15) is 10.7 Å². The molecule has 0 unspecified atom stereocenters. The van der Waals surface area contributed by atoms with Crippen LogP contribution >= 0.6 is 11.3 Å². The van der Waals surface area contributed by atoms with Gasteiger partial charge in [-0.1, -0.05) is 35.4 Å². The Labute approximate surface area is 144 Å². The zero-order valence-corrected chi connectivity index (χ0v) is 14.8. The monoisotopic (exact) mass is 361 g/mol. The second kappa shape index (κ2) is 6.12. The average Bonchev–Trinajstić information content (AvgIpc) is 2.94. The normalized spacial score (nSPS) is 11.7. The van der Waals surface area contributed by atoms with E-state index in [1.54, 1.807) is 6.07 Å². The maximum atomic E-state index is 14.1. The highest BCUT2D eigenvalue weighted by Gasteiger charge is 2.17. The van der Waals surface area contributed by atoms with E-state index in [0.717, 1.165) is 27.8 Å². The van der Waals surface area contributed by atoms with Crippen LogP contribution in [0.4, 0.5) is 4.39 Å². The van der Waals surface area contributed by atoms with Crippen LogP contribution in [-0.4, -0.2) is 8.42 Å². The van der Waals surface area contributed by atoms with Gasteiger partial charge in [-0.2, -0.15) is 11.3 Å². The van der Waals surface area contributed by atoms with Gasteiger partial charge in [0.05, 0.1) is 0 Å². The first kappa shape index (κ1) is 16.8. The van der Waals surface area contributed by atoms with E-state index in [9.17, 15) is 12.8 Å². The molecule has 0 saturated heterocycles. The minimum atomic E-state index is -4.06. The number of aryl methyl sites for hydroxylation is 2. The quantitative estimate of drug-likeness (QED) is 0.747. The molecule has 3 nitrogen and oxygen atoms in total. The van der Waals surface area contributed by atoms with E-state index in [2.05, 4.69) is 18.2 Å². The van der Waals surface area contributed by atoms with E-state index in [1.807, 2.05) is 24.6 Å². The number of halogens is 1. The summed E-state index contributed by atoms with van der Waals surface area (Å²) in [5.74, 6) is -0.840. The van der Waals surface area contributed by atoms with Crippen LogP contribution in [0.15, 0.2) is 52.1 Å². The average molecular weight is 361 g/mol. The molecule has 3 aromatic rings. The van der Waals surface area contributed by atoms with E-state index < -0.39 is 20.7 Å². The van der Waals surface area contributed by atoms with E-state index in [0.29, 0.717) is 5.56 Å². The van der Waals surface area contributed by atoms with Crippen molar-refractivity contribution in [2.24, 2.45) is 5.14 Å². The molecule has 0 aliphatic carbocycles. The number of benzene rings is 2. The fraction of sp³-hybridized carbons (Fsp3) is 0.111. The summed E-state index contributed by atoms with van der Waals surface area (Å²) in [6.07, 6.45) is 0. The Hall–Kier alpha value is -2.02. The van der Waals surface area contributed by atoms with Gasteiger partial charge in [-0.3, -0.25) is 0 Å². The van der Waals surface area contributed by atoms with Crippen LogP contribution in [0.2, 0.25) is 0 Å². The molecule has 0 aliphatic heterocycles. The molecule has 24 heavy (non-hydrogen) atoms. The summed E-state index contributed by atoms with van der Waals surface area (Å²) in [7, 11) is -4.06. The number of primary sulfonamides is 1. The Balaban J connectivity index is 2.13. The van der Waals surface area contributed by atoms with E-state index in [-0.39, 0.29) is 0 Å². The van der Waals surface area contributed by atoms with Crippen molar-refractivity contribution in [1.82, 2.24) is 0 Å². The number of nitrogens with two attached hydrogens (primary N) is 1. The van der Waals surface area contributed by atoms with Crippen molar-refractivity contribution in [2.75, 3.05) is 0 Å². The van der Waals surface area contributed by atoms with Gasteiger partial charge in [0.25, 0.3) is 0 Å². The fourth-order valence-electron chi connectivity index (χ4n) is 2.77. The van der Waals surface area contributed by atoms with Gasteiger partial charge in [0.2, 0.25) is 10.0 Å². The third kappa shape index (κ3) is 3.26. The highest BCUT2D eigenvalue weighted by molar-refractivity contribution is 7.89. The molecule has 0 radical (unpaired) electrons. The zero-order chi connectivity index (χ0) is 17.5. The SMILES string of the molecule is Cc1cc(C)cc(-c2cscc2-c2ccc(S(N)(=O)=O)c(F)c2)c1. The molecule has 124 valence electrons. The fourth-order valence-corrected chi connectivity index (χ4v) is 4.23. The Kier molecular flexibility index (Phi) is 4.29. The van der Waals surface area contributed by atoms with Crippen LogP contribution < -0.4 is 5.14 Å². The standard InChI is InChI=1S/C18H16FNO2S2/c1-11-5-12(2)7-14(6-11)16-10-23-9-15(16)13-3-4-18(17(19)8-13)24(20,21)22/h3-10H,1-2H3,(H2,20,21,22). The number of sulfonamides is 1. The molecule has 1 aromatic heterocycles. The van der Waals surface area contributed by atoms with Crippen LogP contribution in [0.3, 0.4) is 0 Å². The largest absolute Gasteiger partial charge is 0.240 e. The van der Waals surface area contributed by atoms with Crippen LogP contribution in [-0.2, 0) is 10.0 Å². The molecule has 0 saturated carbocycles. The molecule has 3 rings (SSSR count). The summed E-state index contributed by atoms with van der Waals surface area (Å²) in [5.41, 5.74) is 5.84. The van der Waals surface area contributed by atoms with Gasteiger partial charge in [0.15, 0.2) is 0 Å². The Morgan fingerprint density at radius 2 is 1.50 bits per heavy atom. The lowest BCUT2D eigenvalue weighted by atomic mass is 9.96.